The summed E-state index contributed by atoms with van der Waals surface area (Å²) >= 11 is 0.979. The number of carboxylic acids is 1. The molecule has 0 saturated carbocycles. The number of rotatable bonds is 2. The molecule has 6 heteroatoms. The van der Waals surface area contributed by atoms with Gasteiger partial charge in [-0.05, 0) is 6.92 Å². The van der Waals surface area contributed by atoms with Gasteiger partial charge in [0.05, 0.1) is 5.97 Å². The number of hydrogen-bond donors (Lipinski definition) is 0. The van der Waals surface area contributed by atoms with E-state index in [0.29, 0.717) is 5.69 Å². The summed E-state index contributed by atoms with van der Waals surface area (Å²) in [4.78, 5) is 13.6. The van der Waals surface area contributed by atoms with Crippen molar-refractivity contribution in [1.29, 1.82) is 0 Å². The van der Waals surface area contributed by atoms with Crippen molar-refractivity contribution in [3.63, 3.8) is 0 Å². The molecule has 1 unspecified atom stereocenters. The molecule has 0 radical (unpaired) electrons. The van der Waals surface area contributed by atoms with Crippen LogP contribution < -0.4 is 56.5 Å². The van der Waals surface area contributed by atoms with Crippen molar-refractivity contribution < 1.29 is 65.7 Å². The first kappa shape index (κ1) is 12.7. The quantitative estimate of drug-likeness (QED) is 0.499. The topological polar surface area (TPSA) is 53.0 Å². The number of carboxylic acid groups (broad SMARTS) is 1. The molecule has 0 aliphatic carbocycles. The van der Waals surface area contributed by atoms with E-state index in [1.807, 2.05) is 0 Å². The molecule has 1 rings (SSSR count). The molecule has 0 aliphatic rings. The summed E-state index contributed by atoms with van der Waals surface area (Å²) in [5.74, 6) is -1.74. The number of hydrogen-bond acceptors (Lipinski definition) is 4. The zero-order valence-electron chi connectivity index (χ0n) is 6.70. The second-order valence-corrected chi connectivity index (χ2v) is 2.90. The Bertz CT molecular complexity index is 278. The molecule has 3 nitrogen and oxygen atoms in total. The average Bonchev–Trinajstić information content (AvgIpc) is 2.34. The fourth-order valence-corrected chi connectivity index (χ4v) is 1.35. The molecule has 1 atom stereocenters. The Morgan fingerprint density at radius 2 is 2.42 bits per heavy atom. The average molecular weight is 213 g/mol. The van der Waals surface area contributed by atoms with Crippen molar-refractivity contribution >= 4 is 17.3 Å². The van der Waals surface area contributed by atoms with Crippen LogP contribution in [0.3, 0.4) is 0 Å². The third-order valence-electron chi connectivity index (χ3n) is 1.06. The molecule has 60 valence electrons. The summed E-state index contributed by atoms with van der Waals surface area (Å²) in [6, 6.07) is 0. The number of carbonyl (C=O) groups excluding carboxylic acids is 1. The molecular formula is C6H5FKNO2S. The Labute approximate surface area is 115 Å². The van der Waals surface area contributed by atoms with Crippen molar-refractivity contribution in [3.05, 3.63) is 16.1 Å². The summed E-state index contributed by atoms with van der Waals surface area (Å²) in [5.41, 5.74) is 0.619. The summed E-state index contributed by atoms with van der Waals surface area (Å²) in [6.45, 7) is 1.67. The third kappa shape index (κ3) is 3.19. The van der Waals surface area contributed by atoms with Crippen LogP contribution in [0.1, 0.15) is 16.9 Å². The number of thiazole rings is 1. The maximum Gasteiger partial charge on any atom is 1.00 e. The fourth-order valence-electron chi connectivity index (χ4n) is 0.589. The monoisotopic (exact) mass is 213 g/mol. The van der Waals surface area contributed by atoms with E-state index in [1.165, 1.54) is 0 Å². The molecule has 0 bridgehead atoms. The van der Waals surface area contributed by atoms with Crippen LogP contribution in [0.15, 0.2) is 5.38 Å². The molecular weight excluding hydrogens is 208 g/mol. The number of halogens is 1. The Morgan fingerprint density at radius 3 is 2.75 bits per heavy atom. The maximum atomic E-state index is 12.6. The Balaban J connectivity index is 0.00000121. The molecule has 0 N–H and O–H groups in total. The maximum absolute atomic E-state index is 12.6. The zero-order valence-corrected chi connectivity index (χ0v) is 10.6. The van der Waals surface area contributed by atoms with Gasteiger partial charge in [-0.15, -0.1) is 11.3 Å². The summed E-state index contributed by atoms with van der Waals surface area (Å²) in [6.07, 6.45) is -2.09. The van der Waals surface area contributed by atoms with Crippen LogP contribution in [0.5, 0.6) is 0 Å². The molecule has 1 aromatic rings. The van der Waals surface area contributed by atoms with E-state index in [-0.39, 0.29) is 56.4 Å². The van der Waals surface area contributed by atoms with Crippen LogP contribution in [-0.2, 0) is 4.79 Å². The number of nitrogens with zero attached hydrogens (tertiary/aromatic N) is 1. The van der Waals surface area contributed by atoms with Crippen LogP contribution >= 0.6 is 11.3 Å². The van der Waals surface area contributed by atoms with E-state index in [4.69, 9.17) is 0 Å². The van der Waals surface area contributed by atoms with Gasteiger partial charge in [-0.1, -0.05) is 0 Å². The first-order chi connectivity index (χ1) is 5.11. The number of carbonyl (C=O) groups is 1. The van der Waals surface area contributed by atoms with Crippen molar-refractivity contribution in [2.75, 3.05) is 0 Å². The standard InChI is InChI=1S/C6H6FNO2S.K/c1-3-2-11-5(8-3)4(7)6(9)10;/h2,4H,1H3,(H,9,10);/q;+1/p-1. The largest absolute Gasteiger partial charge is 1.00 e. The first-order valence-electron chi connectivity index (χ1n) is 2.88. The molecule has 0 aromatic carbocycles. The summed E-state index contributed by atoms with van der Waals surface area (Å²) < 4.78 is 12.6. The molecule has 0 saturated heterocycles. The van der Waals surface area contributed by atoms with Crippen molar-refractivity contribution in [1.82, 2.24) is 4.98 Å². The van der Waals surface area contributed by atoms with Crippen LogP contribution in [0.25, 0.3) is 0 Å². The van der Waals surface area contributed by atoms with Gasteiger partial charge < -0.3 is 9.90 Å². The summed E-state index contributed by atoms with van der Waals surface area (Å²) in [7, 11) is 0. The van der Waals surface area contributed by atoms with E-state index in [2.05, 4.69) is 4.98 Å². The third-order valence-corrected chi connectivity index (χ3v) is 2.06. The molecule has 0 aliphatic heterocycles. The van der Waals surface area contributed by atoms with E-state index in [9.17, 15) is 14.3 Å². The minimum atomic E-state index is -2.09. The van der Waals surface area contributed by atoms with Crippen LogP contribution in [0.4, 0.5) is 4.39 Å². The van der Waals surface area contributed by atoms with Crippen molar-refractivity contribution in [2.45, 2.75) is 13.1 Å². The van der Waals surface area contributed by atoms with Gasteiger partial charge in [0.2, 0.25) is 0 Å². The van der Waals surface area contributed by atoms with Gasteiger partial charge in [-0.25, -0.2) is 9.37 Å². The van der Waals surface area contributed by atoms with Gasteiger partial charge in [0.15, 0.2) is 6.17 Å². The summed E-state index contributed by atoms with van der Waals surface area (Å²) in [5, 5.41) is 11.5. The molecule has 1 aromatic heterocycles. The Kier molecular flexibility index (Phi) is 5.71. The number of aryl methyl sites for hydroxylation is 1. The van der Waals surface area contributed by atoms with Gasteiger partial charge in [0.25, 0.3) is 0 Å². The van der Waals surface area contributed by atoms with Crippen molar-refractivity contribution in [3.8, 4) is 0 Å². The van der Waals surface area contributed by atoms with E-state index in [0.717, 1.165) is 11.3 Å². The van der Waals surface area contributed by atoms with Crippen LogP contribution in [0, 0.1) is 6.92 Å². The zero-order chi connectivity index (χ0) is 8.43. The smallest absolute Gasteiger partial charge is 0.546 e. The molecule has 0 fully saturated rings. The minimum absolute atomic E-state index is 0. The molecule has 12 heavy (non-hydrogen) atoms. The van der Waals surface area contributed by atoms with Crippen LogP contribution in [-0.4, -0.2) is 11.0 Å². The van der Waals surface area contributed by atoms with E-state index in [1.54, 1.807) is 12.3 Å². The minimum Gasteiger partial charge on any atom is -0.546 e. The van der Waals surface area contributed by atoms with Crippen LogP contribution in [0.2, 0.25) is 0 Å². The second-order valence-electron chi connectivity index (χ2n) is 2.01. The molecule has 0 spiro atoms. The first-order valence-corrected chi connectivity index (χ1v) is 3.76. The Hall–Kier alpha value is 0.666. The number of aliphatic carboxylic acids is 1. The van der Waals surface area contributed by atoms with Gasteiger partial charge in [0.1, 0.15) is 5.01 Å². The number of aromatic nitrogens is 1. The predicted molar refractivity (Wildman–Crippen MR) is 35.7 cm³/mol. The van der Waals surface area contributed by atoms with Gasteiger partial charge >= 0.3 is 51.4 Å². The van der Waals surface area contributed by atoms with Gasteiger partial charge in [-0.3, -0.25) is 0 Å². The van der Waals surface area contributed by atoms with E-state index >= 15 is 0 Å². The van der Waals surface area contributed by atoms with Crippen molar-refractivity contribution in [2.24, 2.45) is 0 Å². The molecule has 1 heterocycles. The normalized spacial score (nSPS) is 11.8. The van der Waals surface area contributed by atoms with E-state index < -0.39 is 12.1 Å². The van der Waals surface area contributed by atoms with Gasteiger partial charge in [-0.2, -0.15) is 0 Å². The fraction of sp³-hybridized carbons (Fsp3) is 0.333. The van der Waals surface area contributed by atoms with Gasteiger partial charge in [0, 0.05) is 11.1 Å². The second kappa shape index (κ2) is 5.41. The SMILES string of the molecule is Cc1csc(C(F)C(=O)[O-])n1.[K+]. The number of alkyl halides is 1. The predicted octanol–water partition coefficient (Wildman–Crippen LogP) is -2.78. The Morgan fingerprint density at radius 1 is 1.83 bits per heavy atom. The molecule has 0 amide bonds.